The van der Waals surface area contributed by atoms with Crippen LogP contribution in [0, 0.1) is 13.8 Å². The fraction of sp³-hybridized carbons (Fsp3) is 0.500. The molecular formula is C22H29N3O3S. The molecule has 1 aromatic heterocycles. The lowest BCUT2D eigenvalue weighted by Gasteiger charge is -2.37. The molecule has 1 aromatic carbocycles. The minimum atomic E-state index is 0.0474. The molecule has 0 N–H and O–H groups in total. The molecule has 2 aliphatic rings. The number of hydrogen-bond acceptors (Lipinski definition) is 6. The van der Waals surface area contributed by atoms with Crippen LogP contribution in [0.25, 0.3) is 0 Å². The Hall–Kier alpha value is -1.93. The van der Waals surface area contributed by atoms with Crippen LogP contribution >= 0.6 is 11.3 Å². The first-order valence-corrected chi connectivity index (χ1v) is 11.0. The molecule has 0 aliphatic carbocycles. The van der Waals surface area contributed by atoms with Crippen molar-refractivity contribution in [3.63, 3.8) is 0 Å². The standard InChI is InChI=1S/C22H29N3O3S/c1-16-17(2)29-22-20(16)14-24(9-8-23-10-12-28-13-11-23)15-25(22)21(26)18-4-6-19(27-3)7-5-18/h4-7H,8-15H2,1-3H3. The number of carbonyl (C=O) groups is 1. The first kappa shape index (κ1) is 20.3. The Kier molecular flexibility index (Phi) is 6.20. The third kappa shape index (κ3) is 4.33. The minimum absolute atomic E-state index is 0.0474. The number of fused-ring (bicyclic) bond motifs is 1. The lowest BCUT2D eigenvalue weighted by Crippen LogP contribution is -2.48. The number of ether oxygens (including phenoxy) is 2. The highest BCUT2D eigenvalue weighted by molar-refractivity contribution is 7.16. The van der Waals surface area contributed by atoms with Crippen LogP contribution in [0.4, 0.5) is 5.00 Å². The van der Waals surface area contributed by atoms with E-state index in [-0.39, 0.29) is 5.91 Å². The molecule has 2 aromatic rings. The predicted octanol–water partition coefficient (Wildman–Crippen LogP) is 3.13. The molecule has 0 bridgehead atoms. The van der Waals surface area contributed by atoms with E-state index in [0.717, 1.165) is 56.7 Å². The Labute approximate surface area is 176 Å². The fourth-order valence-corrected chi connectivity index (χ4v) is 5.06. The second-order valence-corrected chi connectivity index (χ2v) is 8.88. The van der Waals surface area contributed by atoms with E-state index in [4.69, 9.17) is 9.47 Å². The van der Waals surface area contributed by atoms with Gasteiger partial charge >= 0.3 is 0 Å². The van der Waals surface area contributed by atoms with Gasteiger partial charge in [0.25, 0.3) is 5.91 Å². The Bertz CT molecular complexity index is 859. The lowest BCUT2D eigenvalue weighted by molar-refractivity contribution is 0.0326. The quantitative estimate of drug-likeness (QED) is 0.751. The van der Waals surface area contributed by atoms with Gasteiger partial charge in [-0.05, 0) is 43.7 Å². The number of thiophene rings is 1. The van der Waals surface area contributed by atoms with E-state index in [9.17, 15) is 4.79 Å². The zero-order chi connectivity index (χ0) is 20.4. The molecule has 1 fully saturated rings. The number of anilines is 1. The second kappa shape index (κ2) is 8.83. The molecule has 0 unspecified atom stereocenters. The Balaban J connectivity index is 1.54. The van der Waals surface area contributed by atoms with Gasteiger partial charge in [-0.3, -0.25) is 19.5 Å². The number of nitrogens with zero attached hydrogens (tertiary/aromatic N) is 3. The molecule has 0 saturated carbocycles. The molecule has 1 amide bonds. The van der Waals surface area contributed by atoms with Crippen molar-refractivity contribution in [2.24, 2.45) is 0 Å². The van der Waals surface area contributed by atoms with Gasteiger partial charge in [0.2, 0.25) is 0 Å². The number of methoxy groups -OCH3 is 1. The molecule has 156 valence electrons. The zero-order valence-electron chi connectivity index (χ0n) is 17.4. The fourth-order valence-electron chi connectivity index (χ4n) is 3.90. The number of rotatable bonds is 5. The number of amides is 1. The monoisotopic (exact) mass is 415 g/mol. The molecule has 0 radical (unpaired) electrons. The van der Waals surface area contributed by atoms with Gasteiger partial charge in [-0.15, -0.1) is 11.3 Å². The Morgan fingerprint density at radius 2 is 1.79 bits per heavy atom. The summed E-state index contributed by atoms with van der Waals surface area (Å²) in [4.78, 5) is 21.4. The third-order valence-electron chi connectivity index (χ3n) is 5.88. The van der Waals surface area contributed by atoms with E-state index in [1.54, 1.807) is 18.4 Å². The SMILES string of the molecule is COc1ccc(C(=O)N2CN(CCN3CCOCC3)Cc3c2sc(C)c3C)cc1. The van der Waals surface area contributed by atoms with Gasteiger partial charge in [0.15, 0.2) is 0 Å². The van der Waals surface area contributed by atoms with Crippen molar-refractivity contribution in [3.8, 4) is 5.75 Å². The van der Waals surface area contributed by atoms with Crippen molar-refractivity contribution in [1.29, 1.82) is 0 Å². The number of benzene rings is 1. The highest BCUT2D eigenvalue weighted by atomic mass is 32.1. The molecule has 3 heterocycles. The van der Waals surface area contributed by atoms with Crippen molar-refractivity contribution in [1.82, 2.24) is 9.80 Å². The van der Waals surface area contributed by atoms with Crippen LogP contribution in [-0.4, -0.2) is 68.9 Å². The van der Waals surface area contributed by atoms with Crippen LogP contribution in [0.15, 0.2) is 24.3 Å². The molecule has 0 spiro atoms. The first-order valence-electron chi connectivity index (χ1n) is 10.1. The summed E-state index contributed by atoms with van der Waals surface area (Å²) in [5.74, 6) is 0.807. The van der Waals surface area contributed by atoms with Crippen LogP contribution in [0.2, 0.25) is 0 Å². The van der Waals surface area contributed by atoms with E-state index >= 15 is 0 Å². The van der Waals surface area contributed by atoms with Gasteiger partial charge < -0.3 is 9.47 Å². The van der Waals surface area contributed by atoms with Gasteiger partial charge in [-0.1, -0.05) is 0 Å². The van der Waals surface area contributed by atoms with Gasteiger partial charge in [-0.25, -0.2) is 0 Å². The van der Waals surface area contributed by atoms with Crippen LogP contribution in [0.5, 0.6) is 5.75 Å². The van der Waals surface area contributed by atoms with Crippen LogP contribution < -0.4 is 9.64 Å². The normalized spacial score (nSPS) is 18.0. The zero-order valence-corrected chi connectivity index (χ0v) is 18.3. The summed E-state index contributed by atoms with van der Waals surface area (Å²) in [5, 5.41) is 1.10. The lowest BCUT2D eigenvalue weighted by atomic mass is 10.1. The van der Waals surface area contributed by atoms with Crippen molar-refractivity contribution >= 4 is 22.2 Å². The van der Waals surface area contributed by atoms with Crippen molar-refractivity contribution in [2.75, 3.05) is 58.1 Å². The van der Waals surface area contributed by atoms with E-state index < -0.39 is 0 Å². The van der Waals surface area contributed by atoms with Crippen LogP contribution in [0.3, 0.4) is 0 Å². The number of carbonyl (C=O) groups excluding carboxylic acids is 1. The number of morpholine rings is 1. The average molecular weight is 416 g/mol. The van der Waals surface area contributed by atoms with Crippen LogP contribution in [-0.2, 0) is 11.3 Å². The maximum absolute atomic E-state index is 13.4. The summed E-state index contributed by atoms with van der Waals surface area (Å²) in [6.07, 6.45) is 0. The smallest absolute Gasteiger partial charge is 0.260 e. The summed E-state index contributed by atoms with van der Waals surface area (Å²) in [7, 11) is 1.64. The van der Waals surface area contributed by atoms with Gasteiger partial charge in [0.1, 0.15) is 10.8 Å². The van der Waals surface area contributed by atoms with Gasteiger partial charge in [-0.2, -0.15) is 0 Å². The summed E-state index contributed by atoms with van der Waals surface area (Å²) in [5.41, 5.74) is 3.30. The Morgan fingerprint density at radius 3 is 2.48 bits per heavy atom. The highest BCUT2D eigenvalue weighted by Crippen LogP contribution is 2.39. The van der Waals surface area contributed by atoms with Crippen molar-refractivity contribution in [2.45, 2.75) is 20.4 Å². The largest absolute Gasteiger partial charge is 0.497 e. The molecular weight excluding hydrogens is 386 g/mol. The molecule has 0 atom stereocenters. The second-order valence-electron chi connectivity index (χ2n) is 7.68. The van der Waals surface area contributed by atoms with Crippen molar-refractivity contribution in [3.05, 3.63) is 45.8 Å². The molecule has 1 saturated heterocycles. The number of hydrogen-bond donors (Lipinski definition) is 0. The van der Waals surface area contributed by atoms with E-state index in [2.05, 4.69) is 23.6 Å². The summed E-state index contributed by atoms with van der Waals surface area (Å²) in [6.45, 7) is 11.4. The Morgan fingerprint density at radius 1 is 1.10 bits per heavy atom. The first-order chi connectivity index (χ1) is 14.1. The van der Waals surface area contributed by atoms with Crippen LogP contribution in [0.1, 0.15) is 26.4 Å². The van der Waals surface area contributed by atoms with E-state index in [1.807, 2.05) is 29.2 Å². The highest BCUT2D eigenvalue weighted by Gasteiger charge is 2.31. The molecule has 2 aliphatic heterocycles. The van der Waals surface area contributed by atoms with Crippen molar-refractivity contribution < 1.29 is 14.3 Å². The van der Waals surface area contributed by atoms with E-state index in [1.165, 1.54) is 16.0 Å². The summed E-state index contributed by atoms with van der Waals surface area (Å²) >= 11 is 1.73. The molecule has 29 heavy (non-hydrogen) atoms. The third-order valence-corrected chi connectivity index (χ3v) is 7.15. The van der Waals surface area contributed by atoms with E-state index in [0.29, 0.717) is 12.2 Å². The van der Waals surface area contributed by atoms with Gasteiger partial charge in [0, 0.05) is 48.7 Å². The van der Waals surface area contributed by atoms with Gasteiger partial charge in [0.05, 0.1) is 27.0 Å². The minimum Gasteiger partial charge on any atom is -0.497 e. The topological polar surface area (TPSA) is 45.2 Å². The molecule has 6 nitrogen and oxygen atoms in total. The molecule has 7 heteroatoms. The molecule has 4 rings (SSSR count). The number of aryl methyl sites for hydroxylation is 1. The summed E-state index contributed by atoms with van der Waals surface area (Å²) in [6, 6.07) is 7.39. The predicted molar refractivity (Wildman–Crippen MR) is 116 cm³/mol. The maximum Gasteiger partial charge on any atom is 0.260 e. The average Bonchev–Trinajstić information content (AvgIpc) is 3.06. The summed E-state index contributed by atoms with van der Waals surface area (Å²) < 4.78 is 10.7. The maximum atomic E-state index is 13.4.